The van der Waals surface area contributed by atoms with Crippen molar-refractivity contribution in [2.45, 2.75) is 6.54 Å². The number of hydrogen-bond acceptors (Lipinski definition) is 4. The maximum Gasteiger partial charge on any atom is 0.175 e. The molecule has 0 saturated carbocycles. The van der Waals surface area contributed by atoms with E-state index in [1.54, 1.807) is 7.11 Å². The molecule has 1 aliphatic heterocycles. The van der Waals surface area contributed by atoms with Crippen LogP contribution >= 0.6 is 15.9 Å². The number of nitrogens with one attached hydrogen (secondary N) is 1. The van der Waals surface area contributed by atoms with Gasteiger partial charge in [0.2, 0.25) is 0 Å². The molecule has 0 radical (unpaired) electrons. The molecule has 2 aromatic carbocycles. The van der Waals surface area contributed by atoms with Gasteiger partial charge in [-0.05, 0) is 57.9 Å². The Bertz CT molecular complexity index is 628. The monoisotopic (exact) mass is 349 g/mol. The summed E-state index contributed by atoms with van der Waals surface area (Å²) in [5.74, 6) is 2.43. The summed E-state index contributed by atoms with van der Waals surface area (Å²) in [4.78, 5) is 0. The van der Waals surface area contributed by atoms with E-state index in [0.717, 1.165) is 33.0 Å². The van der Waals surface area contributed by atoms with Crippen LogP contribution in [0.5, 0.6) is 17.2 Å². The zero-order chi connectivity index (χ0) is 14.7. The minimum absolute atomic E-state index is 0.592. The maximum atomic E-state index is 5.63. The minimum atomic E-state index is 0.592. The lowest BCUT2D eigenvalue weighted by molar-refractivity contribution is 0.170. The van der Waals surface area contributed by atoms with Gasteiger partial charge in [-0.25, -0.2) is 0 Å². The lowest BCUT2D eigenvalue weighted by Crippen LogP contribution is -2.16. The molecule has 0 amide bonds. The maximum absolute atomic E-state index is 5.63. The van der Waals surface area contributed by atoms with E-state index in [1.807, 2.05) is 36.4 Å². The predicted octanol–water partition coefficient (Wildman–Crippen LogP) is 3.84. The molecule has 1 heterocycles. The van der Waals surface area contributed by atoms with Crippen molar-refractivity contribution in [2.24, 2.45) is 0 Å². The molecule has 110 valence electrons. The van der Waals surface area contributed by atoms with Crippen molar-refractivity contribution in [3.63, 3.8) is 0 Å². The quantitative estimate of drug-likeness (QED) is 0.910. The van der Waals surface area contributed by atoms with Crippen LogP contribution in [0.3, 0.4) is 0 Å². The van der Waals surface area contributed by atoms with Gasteiger partial charge in [0.15, 0.2) is 11.5 Å². The third-order valence-electron chi connectivity index (χ3n) is 3.24. The Morgan fingerprint density at radius 3 is 2.67 bits per heavy atom. The van der Waals surface area contributed by atoms with Crippen molar-refractivity contribution < 1.29 is 14.2 Å². The first kappa shape index (κ1) is 14.1. The number of hydrogen-bond donors (Lipinski definition) is 1. The highest BCUT2D eigenvalue weighted by Gasteiger charge is 2.16. The molecule has 0 aliphatic carbocycles. The zero-order valence-electron chi connectivity index (χ0n) is 11.7. The van der Waals surface area contributed by atoms with E-state index >= 15 is 0 Å². The van der Waals surface area contributed by atoms with E-state index in [0.29, 0.717) is 19.8 Å². The Hall–Kier alpha value is -1.88. The summed E-state index contributed by atoms with van der Waals surface area (Å²) in [6.45, 7) is 1.89. The molecule has 0 spiro atoms. The van der Waals surface area contributed by atoms with Gasteiger partial charge in [-0.1, -0.05) is 0 Å². The van der Waals surface area contributed by atoms with Gasteiger partial charge in [0.1, 0.15) is 19.0 Å². The van der Waals surface area contributed by atoms with Crippen LogP contribution in [0.15, 0.2) is 40.9 Å². The molecule has 0 atom stereocenters. The first-order valence-electron chi connectivity index (χ1n) is 6.72. The van der Waals surface area contributed by atoms with E-state index < -0.39 is 0 Å². The third-order valence-corrected chi connectivity index (χ3v) is 3.83. The van der Waals surface area contributed by atoms with Gasteiger partial charge in [-0.15, -0.1) is 0 Å². The van der Waals surface area contributed by atoms with E-state index in [-0.39, 0.29) is 0 Å². The average Bonchev–Trinajstić information content (AvgIpc) is 2.53. The summed E-state index contributed by atoms with van der Waals surface area (Å²) in [5.41, 5.74) is 2.17. The summed E-state index contributed by atoms with van der Waals surface area (Å²) in [7, 11) is 1.66. The van der Waals surface area contributed by atoms with Crippen LogP contribution in [0, 0.1) is 0 Å². The van der Waals surface area contributed by atoms with Crippen LogP contribution < -0.4 is 19.5 Å². The SMILES string of the molecule is COc1ccc(NCc2cc(Br)c3c(c2)OCCO3)cc1. The molecule has 3 rings (SSSR count). The molecule has 21 heavy (non-hydrogen) atoms. The molecule has 0 aromatic heterocycles. The summed E-state index contributed by atoms with van der Waals surface area (Å²) in [6, 6.07) is 11.9. The molecule has 1 aliphatic rings. The summed E-state index contributed by atoms with van der Waals surface area (Å²) < 4.78 is 17.3. The van der Waals surface area contributed by atoms with Crippen molar-refractivity contribution in [3.8, 4) is 17.2 Å². The highest BCUT2D eigenvalue weighted by molar-refractivity contribution is 9.10. The fraction of sp³-hybridized carbons (Fsp3) is 0.250. The van der Waals surface area contributed by atoms with E-state index in [1.165, 1.54) is 0 Å². The van der Waals surface area contributed by atoms with Crippen LogP contribution in [0.1, 0.15) is 5.56 Å². The van der Waals surface area contributed by atoms with Gasteiger partial charge < -0.3 is 19.5 Å². The molecule has 0 unspecified atom stereocenters. The van der Waals surface area contributed by atoms with Crippen molar-refractivity contribution >= 4 is 21.6 Å². The summed E-state index contributed by atoms with van der Waals surface area (Å²) in [5, 5.41) is 3.37. The largest absolute Gasteiger partial charge is 0.497 e. The predicted molar refractivity (Wildman–Crippen MR) is 85.5 cm³/mol. The summed E-state index contributed by atoms with van der Waals surface area (Å²) >= 11 is 3.53. The number of halogens is 1. The van der Waals surface area contributed by atoms with Gasteiger partial charge in [0.05, 0.1) is 11.6 Å². The van der Waals surface area contributed by atoms with Crippen LogP contribution in [-0.4, -0.2) is 20.3 Å². The highest BCUT2D eigenvalue weighted by Crippen LogP contribution is 2.38. The Morgan fingerprint density at radius 2 is 1.90 bits per heavy atom. The third kappa shape index (κ3) is 3.24. The Balaban J connectivity index is 1.71. The van der Waals surface area contributed by atoms with Crippen LogP contribution in [0.25, 0.3) is 0 Å². The molecule has 4 nitrogen and oxygen atoms in total. The Morgan fingerprint density at radius 1 is 1.14 bits per heavy atom. The first-order valence-corrected chi connectivity index (χ1v) is 7.51. The first-order chi connectivity index (χ1) is 10.3. The van der Waals surface area contributed by atoms with Gasteiger partial charge >= 0.3 is 0 Å². The smallest absolute Gasteiger partial charge is 0.175 e. The lowest BCUT2D eigenvalue weighted by atomic mass is 10.2. The van der Waals surface area contributed by atoms with Crippen molar-refractivity contribution in [3.05, 3.63) is 46.4 Å². The molecule has 5 heteroatoms. The topological polar surface area (TPSA) is 39.7 Å². The second kappa shape index (κ2) is 6.26. The minimum Gasteiger partial charge on any atom is -0.497 e. The van der Waals surface area contributed by atoms with Gasteiger partial charge in [-0.2, -0.15) is 0 Å². The fourth-order valence-corrected chi connectivity index (χ4v) is 2.78. The second-order valence-corrected chi connectivity index (χ2v) is 5.54. The summed E-state index contributed by atoms with van der Waals surface area (Å²) in [6.07, 6.45) is 0. The van der Waals surface area contributed by atoms with Crippen molar-refractivity contribution in [2.75, 3.05) is 25.6 Å². The molecular weight excluding hydrogens is 334 g/mol. The van der Waals surface area contributed by atoms with Crippen molar-refractivity contribution in [1.29, 1.82) is 0 Å². The fourth-order valence-electron chi connectivity index (χ4n) is 2.18. The van der Waals surface area contributed by atoms with Gasteiger partial charge in [-0.3, -0.25) is 0 Å². The number of ether oxygens (including phenoxy) is 3. The molecular formula is C16H16BrNO3. The molecule has 1 N–H and O–H groups in total. The van der Waals surface area contributed by atoms with Gasteiger partial charge in [0, 0.05) is 12.2 Å². The van der Waals surface area contributed by atoms with E-state index in [2.05, 4.69) is 21.2 Å². The molecule has 2 aromatic rings. The van der Waals surface area contributed by atoms with Crippen LogP contribution in [0.4, 0.5) is 5.69 Å². The molecule has 0 saturated heterocycles. The number of methoxy groups -OCH3 is 1. The normalized spacial score (nSPS) is 12.9. The van der Waals surface area contributed by atoms with Gasteiger partial charge in [0.25, 0.3) is 0 Å². The molecule has 0 bridgehead atoms. The van der Waals surface area contributed by atoms with Crippen LogP contribution in [-0.2, 0) is 6.54 Å². The number of benzene rings is 2. The second-order valence-electron chi connectivity index (χ2n) is 4.68. The van der Waals surface area contributed by atoms with E-state index in [4.69, 9.17) is 14.2 Å². The van der Waals surface area contributed by atoms with Crippen molar-refractivity contribution in [1.82, 2.24) is 0 Å². The van der Waals surface area contributed by atoms with E-state index in [9.17, 15) is 0 Å². The highest BCUT2D eigenvalue weighted by atomic mass is 79.9. The zero-order valence-corrected chi connectivity index (χ0v) is 13.3. The standard InChI is InChI=1S/C16H16BrNO3/c1-19-13-4-2-12(3-5-13)18-10-11-8-14(17)16-15(9-11)20-6-7-21-16/h2-5,8-9,18H,6-7,10H2,1H3. The number of anilines is 1. The average molecular weight is 350 g/mol. The number of fused-ring (bicyclic) bond motifs is 1. The Kier molecular flexibility index (Phi) is 4.20. The van der Waals surface area contributed by atoms with Crippen LogP contribution in [0.2, 0.25) is 0 Å². The Labute approximate surface area is 132 Å². The molecule has 0 fully saturated rings. The lowest BCUT2D eigenvalue weighted by Gasteiger charge is -2.20. The number of rotatable bonds is 4.